The number of aryl methyl sites for hydroxylation is 1. The highest BCUT2D eigenvalue weighted by molar-refractivity contribution is 5.96. The molecule has 1 aromatic carbocycles. The molecule has 1 aromatic rings. The number of nitrogen functional groups attached to an aromatic ring is 1. The molecule has 2 heterocycles. The van der Waals surface area contributed by atoms with E-state index in [0.717, 1.165) is 12.0 Å². The zero-order chi connectivity index (χ0) is 14.3. The summed E-state index contributed by atoms with van der Waals surface area (Å²) in [6, 6.07) is 5.58. The molecule has 0 aliphatic carbocycles. The van der Waals surface area contributed by atoms with Gasteiger partial charge < -0.3 is 15.5 Å². The van der Waals surface area contributed by atoms with Crippen molar-refractivity contribution in [3.05, 3.63) is 29.3 Å². The minimum absolute atomic E-state index is 0.0431. The summed E-state index contributed by atoms with van der Waals surface area (Å²) in [6.07, 6.45) is 1.48. The molecule has 0 bridgehead atoms. The lowest BCUT2D eigenvalue weighted by atomic mass is 10.1. The van der Waals surface area contributed by atoms with Crippen molar-refractivity contribution in [2.24, 2.45) is 0 Å². The van der Waals surface area contributed by atoms with Gasteiger partial charge in [-0.15, -0.1) is 0 Å². The van der Waals surface area contributed by atoms with Gasteiger partial charge in [-0.1, -0.05) is 0 Å². The largest absolute Gasteiger partial charge is 0.399 e. The van der Waals surface area contributed by atoms with Crippen molar-refractivity contribution in [2.75, 3.05) is 25.4 Å². The van der Waals surface area contributed by atoms with E-state index in [9.17, 15) is 9.59 Å². The van der Waals surface area contributed by atoms with Crippen LogP contribution in [-0.4, -0.2) is 47.3 Å². The Morgan fingerprint density at radius 2 is 2.15 bits per heavy atom. The van der Waals surface area contributed by atoms with Gasteiger partial charge in [0.15, 0.2) is 0 Å². The van der Waals surface area contributed by atoms with Crippen molar-refractivity contribution in [3.8, 4) is 0 Å². The van der Waals surface area contributed by atoms with Crippen LogP contribution in [0, 0.1) is 6.92 Å². The molecule has 106 valence electrons. The van der Waals surface area contributed by atoms with Crippen molar-refractivity contribution in [2.45, 2.75) is 25.8 Å². The highest BCUT2D eigenvalue weighted by Gasteiger charge is 2.37. The zero-order valence-corrected chi connectivity index (χ0v) is 11.6. The first-order valence-electron chi connectivity index (χ1n) is 7.01. The predicted molar refractivity (Wildman–Crippen MR) is 76.2 cm³/mol. The molecule has 2 saturated heterocycles. The summed E-state index contributed by atoms with van der Waals surface area (Å²) in [5, 5.41) is 0. The number of nitrogens with two attached hydrogens (primary N) is 1. The number of anilines is 1. The van der Waals surface area contributed by atoms with Crippen molar-refractivity contribution in [1.82, 2.24) is 9.80 Å². The van der Waals surface area contributed by atoms with E-state index in [0.29, 0.717) is 37.3 Å². The highest BCUT2D eigenvalue weighted by Crippen LogP contribution is 2.24. The van der Waals surface area contributed by atoms with Crippen molar-refractivity contribution >= 4 is 17.5 Å². The third kappa shape index (κ3) is 2.13. The van der Waals surface area contributed by atoms with Crippen molar-refractivity contribution < 1.29 is 9.59 Å². The molecule has 2 amide bonds. The van der Waals surface area contributed by atoms with Crippen LogP contribution in [0.4, 0.5) is 5.69 Å². The standard InChI is InChI=1S/C15H19N3O2/c1-10-8-11(16)2-4-13(10)15(20)17-6-7-18-12(9-17)3-5-14(18)19/h2,4,8,12H,3,5-7,9,16H2,1H3. The van der Waals surface area contributed by atoms with Crippen LogP contribution in [0.3, 0.4) is 0 Å². The molecule has 1 unspecified atom stereocenters. The minimum atomic E-state index is 0.0431. The molecular weight excluding hydrogens is 254 g/mol. The Morgan fingerprint density at radius 1 is 1.35 bits per heavy atom. The van der Waals surface area contributed by atoms with Crippen LogP contribution >= 0.6 is 0 Å². The molecule has 2 fully saturated rings. The molecule has 0 aromatic heterocycles. The third-order valence-corrected chi connectivity index (χ3v) is 4.26. The second-order valence-corrected chi connectivity index (χ2v) is 5.61. The fourth-order valence-electron chi connectivity index (χ4n) is 3.15. The molecule has 0 spiro atoms. The van der Waals surface area contributed by atoms with Gasteiger partial charge in [0.2, 0.25) is 5.91 Å². The summed E-state index contributed by atoms with van der Waals surface area (Å²) in [4.78, 5) is 28.0. The number of rotatable bonds is 1. The van der Waals surface area contributed by atoms with E-state index >= 15 is 0 Å². The van der Waals surface area contributed by atoms with E-state index in [1.807, 2.05) is 22.8 Å². The molecule has 0 radical (unpaired) electrons. The summed E-state index contributed by atoms with van der Waals surface area (Å²) in [7, 11) is 0. The van der Waals surface area contributed by atoms with E-state index in [-0.39, 0.29) is 17.9 Å². The maximum absolute atomic E-state index is 12.6. The highest BCUT2D eigenvalue weighted by atomic mass is 16.2. The maximum atomic E-state index is 12.6. The van der Waals surface area contributed by atoms with Gasteiger partial charge in [0.1, 0.15) is 0 Å². The summed E-state index contributed by atoms with van der Waals surface area (Å²) >= 11 is 0. The first-order valence-corrected chi connectivity index (χ1v) is 7.01. The van der Waals surface area contributed by atoms with E-state index in [1.165, 1.54) is 0 Å². The maximum Gasteiger partial charge on any atom is 0.254 e. The van der Waals surface area contributed by atoms with Crippen LogP contribution < -0.4 is 5.73 Å². The van der Waals surface area contributed by atoms with Gasteiger partial charge in [-0.3, -0.25) is 9.59 Å². The number of carbonyl (C=O) groups is 2. The van der Waals surface area contributed by atoms with E-state index in [2.05, 4.69) is 0 Å². The molecular formula is C15H19N3O2. The van der Waals surface area contributed by atoms with Gasteiger partial charge in [-0.25, -0.2) is 0 Å². The molecule has 3 rings (SSSR count). The second kappa shape index (κ2) is 4.81. The van der Waals surface area contributed by atoms with Crippen LogP contribution in [0.5, 0.6) is 0 Å². The van der Waals surface area contributed by atoms with Gasteiger partial charge in [0, 0.05) is 43.3 Å². The van der Waals surface area contributed by atoms with E-state index < -0.39 is 0 Å². The summed E-state index contributed by atoms with van der Waals surface area (Å²) in [5.41, 5.74) is 8.00. The monoisotopic (exact) mass is 273 g/mol. The Bertz CT molecular complexity index is 570. The number of hydrogen-bond donors (Lipinski definition) is 1. The number of carbonyl (C=O) groups excluding carboxylic acids is 2. The Hall–Kier alpha value is -2.04. The predicted octanol–water partition coefficient (Wildman–Crippen LogP) is 1.02. The van der Waals surface area contributed by atoms with Crippen LogP contribution in [0.15, 0.2) is 18.2 Å². The molecule has 2 aliphatic rings. The number of piperazine rings is 1. The number of nitrogens with zero attached hydrogens (tertiary/aromatic N) is 2. The summed E-state index contributed by atoms with van der Waals surface area (Å²) in [5.74, 6) is 0.271. The SMILES string of the molecule is Cc1cc(N)ccc1C(=O)N1CCN2C(=O)CCC2C1. The molecule has 5 heteroatoms. The van der Waals surface area contributed by atoms with Gasteiger partial charge in [0.05, 0.1) is 0 Å². The Labute approximate surface area is 118 Å². The molecule has 0 saturated carbocycles. The van der Waals surface area contributed by atoms with Crippen molar-refractivity contribution in [3.63, 3.8) is 0 Å². The van der Waals surface area contributed by atoms with Crippen LogP contribution in [-0.2, 0) is 4.79 Å². The lowest BCUT2D eigenvalue weighted by Gasteiger charge is -2.37. The average molecular weight is 273 g/mol. The van der Waals surface area contributed by atoms with Crippen molar-refractivity contribution in [1.29, 1.82) is 0 Å². The van der Waals surface area contributed by atoms with Gasteiger partial charge in [-0.05, 0) is 37.1 Å². The minimum Gasteiger partial charge on any atom is -0.399 e. The lowest BCUT2D eigenvalue weighted by molar-refractivity contribution is -0.130. The van der Waals surface area contributed by atoms with Gasteiger partial charge in [-0.2, -0.15) is 0 Å². The topological polar surface area (TPSA) is 66.6 Å². The molecule has 5 nitrogen and oxygen atoms in total. The zero-order valence-electron chi connectivity index (χ0n) is 11.6. The Kier molecular flexibility index (Phi) is 3.12. The molecule has 1 atom stereocenters. The Balaban J connectivity index is 1.77. The van der Waals surface area contributed by atoms with E-state index in [4.69, 9.17) is 5.73 Å². The number of amides is 2. The quantitative estimate of drug-likeness (QED) is 0.777. The van der Waals surface area contributed by atoms with Crippen LogP contribution in [0.25, 0.3) is 0 Å². The lowest BCUT2D eigenvalue weighted by Crippen LogP contribution is -2.53. The van der Waals surface area contributed by atoms with Gasteiger partial charge in [0.25, 0.3) is 5.91 Å². The normalized spacial score (nSPS) is 22.1. The fourth-order valence-corrected chi connectivity index (χ4v) is 3.15. The summed E-state index contributed by atoms with van der Waals surface area (Å²) < 4.78 is 0. The molecule has 2 N–H and O–H groups in total. The smallest absolute Gasteiger partial charge is 0.254 e. The van der Waals surface area contributed by atoms with Crippen LogP contribution in [0.1, 0.15) is 28.8 Å². The second-order valence-electron chi connectivity index (χ2n) is 5.61. The number of benzene rings is 1. The Morgan fingerprint density at radius 3 is 2.90 bits per heavy atom. The molecule has 2 aliphatic heterocycles. The number of fused-ring (bicyclic) bond motifs is 1. The van der Waals surface area contributed by atoms with E-state index in [1.54, 1.807) is 12.1 Å². The average Bonchev–Trinajstić information content (AvgIpc) is 2.79. The number of hydrogen-bond acceptors (Lipinski definition) is 3. The summed E-state index contributed by atoms with van der Waals surface area (Å²) in [6.45, 7) is 3.82. The molecule has 20 heavy (non-hydrogen) atoms. The first-order chi connectivity index (χ1) is 9.56. The fraction of sp³-hybridized carbons (Fsp3) is 0.467. The first kappa shape index (κ1) is 13.0. The van der Waals surface area contributed by atoms with Crippen LogP contribution in [0.2, 0.25) is 0 Å². The van der Waals surface area contributed by atoms with Gasteiger partial charge >= 0.3 is 0 Å². The third-order valence-electron chi connectivity index (χ3n) is 4.26.